The quantitative estimate of drug-likeness (QED) is 0.457. The number of fused-ring (bicyclic) bond motifs is 1. The van der Waals surface area contributed by atoms with Crippen molar-refractivity contribution in [1.82, 2.24) is 24.6 Å². The van der Waals surface area contributed by atoms with Gasteiger partial charge in [-0.1, -0.05) is 60.7 Å². The molecular formula is C27H29N5O. The molecule has 2 aromatic carbocycles. The largest absolute Gasteiger partial charge is 0.336 e. The molecule has 0 atom stereocenters. The summed E-state index contributed by atoms with van der Waals surface area (Å²) in [6, 6.07) is 23.6. The summed E-state index contributed by atoms with van der Waals surface area (Å²) in [5, 5.41) is 5.32. The van der Waals surface area contributed by atoms with E-state index in [-0.39, 0.29) is 18.0 Å². The molecule has 0 aliphatic carbocycles. The molecule has 1 fully saturated rings. The Kier molecular flexibility index (Phi) is 5.92. The number of benzene rings is 2. The molecule has 5 rings (SSSR count). The summed E-state index contributed by atoms with van der Waals surface area (Å²) in [6.07, 6.45) is 3.48. The average molecular weight is 440 g/mol. The molecule has 0 unspecified atom stereocenters. The molecule has 6 heteroatoms. The highest BCUT2D eigenvalue weighted by Gasteiger charge is 2.28. The van der Waals surface area contributed by atoms with Gasteiger partial charge >= 0.3 is 0 Å². The summed E-state index contributed by atoms with van der Waals surface area (Å²) < 4.78 is 1.88. The van der Waals surface area contributed by atoms with Gasteiger partial charge in [0, 0.05) is 43.8 Å². The molecule has 0 N–H and O–H groups in total. The van der Waals surface area contributed by atoms with E-state index < -0.39 is 0 Å². The van der Waals surface area contributed by atoms with E-state index in [1.807, 2.05) is 15.6 Å². The van der Waals surface area contributed by atoms with Crippen LogP contribution < -0.4 is 0 Å². The summed E-state index contributed by atoms with van der Waals surface area (Å²) in [4.78, 5) is 22.2. The molecule has 1 saturated heterocycles. The van der Waals surface area contributed by atoms with Gasteiger partial charge in [0.25, 0.3) is 5.91 Å². The lowest BCUT2D eigenvalue weighted by Gasteiger charge is -2.39. The van der Waals surface area contributed by atoms with Crippen LogP contribution in [0.1, 0.15) is 47.4 Å². The topological polar surface area (TPSA) is 54.3 Å². The third kappa shape index (κ3) is 4.26. The van der Waals surface area contributed by atoms with Crippen molar-refractivity contribution in [2.75, 3.05) is 26.2 Å². The van der Waals surface area contributed by atoms with Gasteiger partial charge in [-0.2, -0.15) is 5.10 Å². The first-order chi connectivity index (χ1) is 16.1. The first kappa shape index (κ1) is 21.3. The van der Waals surface area contributed by atoms with Crippen molar-refractivity contribution in [3.8, 4) is 0 Å². The smallest absolute Gasteiger partial charge is 0.255 e. The van der Waals surface area contributed by atoms with Crippen molar-refractivity contribution >= 4 is 16.9 Å². The van der Waals surface area contributed by atoms with E-state index in [1.54, 1.807) is 12.4 Å². The Morgan fingerprint density at radius 2 is 1.45 bits per heavy atom. The molecule has 2 aromatic heterocycles. The maximum atomic E-state index is 13.2. The van der Waals surface area contributed by atoms with Crippen molar-refractivity contribution in [2.24, 2.45) is 0 Å². The van der Waals surface area contributed by atoms with Gasteiger partial charge in [-0.3, -0.25) is 9.69 Å². The summed E-state index contributed by atoms with van der Waals surface area (Å²) >= 11 is 0. The number of carbonyl (C=O) groups excluding carboxylic acids is 1. The Balaban J connectivity index is 1.32. The number of amides is 1. The van der Waals surface area contributed by atoms with Crippen molar-refractivity contribution in [1.29, 1.82) is 0 Å². The van der Waals surface area contributed by atoms with Crippen LogP contribution in [0.15, 0.2) is 79.1 Å². The summed E-state index contributed by atoms with van der Waals surface area (Å²) in [5.74, 6) is 0.0392. The highest BCUT2D eigenvalue weighted by atomic mass is 16.2. The first-order valence-electron chi connectivity index (χ1n) is 11.6. The molecule has 3 heterocycles. The lowest BCUT2D eigenvalue weighted by atomic mass is 9.96. The van der Waals surface area contributed by atoms with Gasteiger partial charge in [0.05, 0.1) is 17.8 Å². The van der Waals surface area contributed by atoms with E-state index >= 15 is 0 Å². The fourth-order valence-electron chi connectivity index (χ4n) is 4.69. The lowest BCUT2D eigenvalue weighted by Crippen LogP contribution is -2.49. The molecule has 33 heavy (non-hydrogen) atoms. The zero-order valence-corrected chi connectivity index (χ0v) is 19.1. The number of piperazine rings is 1. The fourth-order valence-corrected chi connectivity index (χ4v) is 4.69. The van der Waals surface area contributed by atoms with Crippen LogP contribution in [0.4, 0.5) is 0 Å². The average Bonchev–Trinajstić information content (AvgIpc) is 3.29. The molecule has 0 radical (unpaired) electrons. The van der Waals surface area contributed by atoms with Crippen molar-refractivity contribution in [2.45, 2.75) is 25.9 Å². The minimum atomic E-state index is 0.0392. The molecular weight excluding hydrogens is 410 g/mol. The third-order valence-electron chi connectivity index (χ3n) is 6.37. The Morgan fingerprint density at radius 1 is 0.848 bits per heavy atom. The number of nitrogens with zero attached hydrogens (tertiary/aromatic N) is 5. The summed E-state index contributed by atoms with van der Waals surface area (Å²) in [7, 11) is 0. The summed E-state index contributed by atoms with van der Waals surface area (Å²) in [5.41, 5.74) is 4.00. The Bertz CT molecular complexity index is 1190. The summed E-state index contributed by atoms with van der Waals surface area (Å²) in [6.45, 7) is 7.18. The van der Waals surface area contributed by atoms with Crippen LogP contribution in [0.25, 0.3) is 11.0 Å². The maximum Gasteiger partial charge on any atom is 0.255 e. The molecule has 4 aromatic rings. The standard InChI is InChI=1S/C27H29N5O/c1-20(2)32-26-23(19-29-32)17-24(18-28-26)27(33)31-15-13-30(14-16-31)25(21-9-5-3-6-10-21)22-11-7-4-8-12-22/h3-12,17-20,25H,13-16H2,1-2H3. The van der Waals surface area contributed by atoms with Crippen LogP contribution in [-0.2, 0) is 0 Å². The molecule has 0 bridgehead atoms. The molecule has 1 aliphatic rings. The van der Waals surface area contributed by atoms with Gasteiger partial charge in [0.1, 0.15) is 0 Å². The predicted molar refractivity (Wildman–Crippen MR) is 130 cm³/mol. The van der Waals surface area contributed by atoms with Crippen molar-refractivity contribution < 1.29 is 4.79 Å². The molecule has 6 nitrogen and oxygen atoms in total. The normalized spacial score (nSPS) is 15.0. The van der Waals surface area contributed by atoms with Crippen LogP contribution in [0.2, 0.25) is 0 Å². The van der Waals surface area contributed by atoms with E-state index in [4.69, 9.17) is 0 Å². The van der Waals surface area contributed by atoms with Crippen LogP contribution in [0.3, 0.4) is 0 Å². The SMILES string of the molecule is CC(C)n1ncc2cc(C(=O)N3CCN(C(c4ccccc4)c4ccccc4)CC3)cnc21. The molecule has 1 amide bonds. The second-order valence-corrected chi connectivity index (χ2v) is 8.87. The van der Waals surface area contributed by atoms with Crippen LogP contribution in [0.5, 0.6) is 0 Å². The van der Waals surface area contributed by atoms with Crippen molar-refractivity contribution in [3.63, 3.8) is 0 Å². The van der Waals surface area contributed by atoms with Gasteiger partial charge in [0.2, 0.25) is 0 Å². The van der Waals surface area contributed by atoms with Gasteiger partial charge in [-0.25, -0.2) is 9.67 Å². The number of carbonyl (C=O) groups is 1. The second kappa shape index (κ2) is 9.16. The lowest BCUT2D eigenvalue weighted by molar-refractivity contribution is 0.0597. The minimum absolute atomic E-state index is 0.0392. The molecule has 0 spiro atoms. The molecule has 0 saturated carbocycles. The molecule has 1 aliphatic heterocycles. The molecule has 168 valence electrons. The van der Waals surface area contributed by atoms with E-state index in [9.17, 15) is 4.79 Å². The van der Waals surface area contributed by atoms with Gasteiger partial charge in [-0.15, -0.1) is 0 Å². The predicted octanol–water partition coefficient (Wildman–Crippen LogP) is 4.56. The van der Waals surface area contributed by atoms with E-state index in [1.165, 1.54) is 11.1 Å². The monoisotopic (exact) mass is 439 g/mol. The van der Waals surface area contributed by atoms with Crippen molar-refractivity contribution in [3.05, 3.63) is 95.8 Å². The highest BCUT2D eigenvalue weighted by molar-refractivity contribution is 5.96. The number of pyridine rings is 1. The number of hydrogen-bond donors (Lipinski definition) is 0. The van der Waals surface area contributed by atoms with E-state index in [0.717, 1.165) is 24.1 Å². The minimum Gasteiger partial charge on any atom is -0.336 e. The zero-order chi connectivity index (χ0) is 22.8. The Morgan fingerprint density at radius 3 is 2.03 bits per heavy atom. The van der Waals surface area contributed by atoms with Gasteiger partial charge < -0.3 is 4.90 Å². The highest BCUT2D eigenvalue weighted by Crippen LogP contribution is 2.29. The number of aromatic nitrogens is 3. The van der Waals surface area contributed by atoms with Gasteiger partial charge in [-0.05, 0) is 31.0 Å². The third-order valence-corrected chi connectivity index (χ3v) is 6.37. The fraction of sp³-hybridized carbons (Fsp3) is 0.296. The maximum absolute atomic E-state index is 13.2. The Hall–Kier alpha value is -3.51. The second-order valence-electron chi connectivity index (χ2n) is 8.87. The zero-order valence-electron chi connectivity index (χ0n) is 19.1. The van der Waals surface area contributed by atoms with E-state index in [2.05, 4.69) is 89.5 Å². The van der Waals surface area contributed by atoms with Crippen LogP contribution in [0, 0.1) is 0 Å². The van der Waals surface area contributed by atoms with Crippen LogP contribution in [-0.4, -0.2) is 56.7 Å². The number of hydrogen-bond acceptors (Lipinski definition) is 4. The first-order valence-corrected chi connectivity index (χ1v) is 11.6. The number of rotatable bonds is 5. The van der Waals surface area contributed by atoms with Crippen LogP contribution >= 0.6 is 0 Å². The van der Waals surface area contributed by atoms with E-state index in [0.29, 0.717) is 18.7 Å². The van der Waals surface area contributed by atoms with Gasteiger partial charge in [0.15, 0.2) is 5.65 Å². The Labute approximate surface area is 194 Å².